The van der Waals surface area contributed by atoms with Crippen molar-refractivity contribution < 1.29 is 10.0 Å². The third kappa shape index (κ3) is 4.92. The molecule has 0 bridgehead atoms. The van der Waals surface area contributed by atoms with Crippen LogP contribution in [0.5, 0.6) is 0 Å². The minimum absolute atomic E-state index is 0.335. The van der Waals surface area contributed by atoms with Crippen LogP contribution in [0.4, 0.5) is 0 Å². The van der Waals surface area contributed by atoms with Gasteiger partial charge in [-0.15, -0.1) is 0 Å². The summed E-state index contributed by atoms with van der Waals surface area (Å²) in [6.07, 6.45) is 15.5. The number of aromatic nitrogens is 2. The number of hydroxylamine groups is 1. The highest BCUT2D eigenvalue weighted by atomic mass is 16.5. The number of allylic oxidation sites excluding steroid dienone is 4. The van der Waals surface area contributed by atoms with Crippen molar-refractivity contribution in [2.75, 3.05) is 0 Å². The number of carbonyl (C=O) groups is 1. The van der Waals surface area contributed by atoms with Crippen molar-refractivity contribution in [3.8, 4) is 0 Å². The largest absolute Gasteiger partial charge is 0.331 e. The monoisotopic (exact) mass is 351 g/mol. The van der Waals surface area contributed by atoms with Crippen LogP contribution in [0.25, 0.3) is 5.57 Å². The summed E-state index contributed by atoms with van der Waals surface area (Å²) in [7, 11) is 0. The molecule has 1 aliphatic rings. The third-order valence-electron chi connectivity index (χ3n) is 4.59. The van der Waals surface area contributed by atoms with Gasteiger partial charge in [0.05, 0.1) is 0 Å². The lowest BCUT2D eigenvalue weighted by atomic mass is 9.98. The summed E-state index contributed by atoms with van der Waals surface area (Å²) in [4.78, 5) is 15.5. The zero-order valence-electron chi connectivity index (χ0n) is 14.9. The Balaban J connectivity index is 1.61. The van der Waals surface area contributed by atoms with Crippen molar-refractivity contribution in [1.82, 2.24) is 15.0 Å². The smallest absolute Gasteiger partial charge is 0.243 e. The number of rotatable bonds is 8. The van der Waals surface area contributed by atoms with Crippen LogP contribution in [0.1, 0.15) is 49.1 Å². The second-order valence-electron chi connectivity index (χ2n) is 6.55. The molecule has 0 radical (unpaired) electrons. The van der Waals surface area contributed by atoms with E-state index in [1.54, 1.807) is 5.48 Å². The summed E-state index contributed by atoms with van der Waals surface area (Å²) in [5.74, 6) is 0.688. The molecule has 1 heterocycles. The van der Waals surface area contributed by atoms with Gasteiger partial charge >= 0.3 is 0 Å². The molecule has 0 spiro atoms. The maximum atomic E-state index is 11.1. The Morgan fingerprint density at radius 2 is 2.19 bits per heavy atom. The van der Waals surface area contributed by atoms with Gasteiger partial charge in [-0.2, -0.15) is 0 Å². The maximum absolute atomic E-state index is 11.1. The number of unbranched alkanes of at least 4 members (excludes halogenated alkanes) is 1. The average Bonchev–Trinajstić information content (AvgIpc) is 3.13. The average molecular weight is 351 g/mol. The zero-order chi connectivity index (χ0) is 18.2. The predicted molar refractivity (Wildman–Crippen MR) is 102 cm³/mol. The molecule has 0 saturated heterocycles. The van der Waals surface area contributed by atoms with E-state index in [0.29, 0.717) is 6.42 Å². The second kappa shape index (κ2) is 9.15. The molecule has 1 aromatic carbocycles. The minimum atomic E-state index is -0.337. The summed E-state index contributed by atoms with van der Waals surface area (Å²) in [5, 5.41) is 8.52. The van der Waals surface area contributed by atoms with Crippen LogP contribution in [-0.2, 0) is 17.8 Å². The number of benzene rings is 1. The predicted octanol–water partition coefficient (Wildman–Crippen LogP) is 3.88. The Bertz CT molecular complexity index is 805. The lowest BCUT2D eigenvalue weighted by Gasteiger charge is -2.11. The van der Waals surface area contributed by atoms with Crippen molar-refractivity contribution in [3.63, 3.8) is 0 Å². The molecule has 0 fully saturated rings. The van der Waals surface area contributed by atoms with Crippen molar-refractivity contribution >= 4 is 11.5 Å². The summed E-state index contributed by atoms with van der Waals surface area (Å²) >= 11 is 0. The van der Waals surface area contributed by atoms with Gasteiger partial charge in [0.1, 0.15) is 5.82 Å². The van der Waals surface area contributed by atoms with Gasteiger partial charge in [-0.25, -0.2) is 10.5 Å². The van der Waals surface area contributed by atoms with Gasteiger partial charge in [-0.05, 0) is 48.4 Å². The van der Waals surface area contributed by atoms with E-state index in [1.165, 1.54) is 16.7 Å². The summed E-state index contributed by atoms with van der Waals surface area (Å²) < 4.78 is 2.16. The molecule has 5 heteroatoms. The molecule has 136 valence electrons. The van der Waals surface area contributed by atoms with Crippen molar-refractivity contribution in [3.05, 3.63) is 71.8 Å². The molecular formula is C21H25N3O2. The highest BCUT2D eigenvalue weighted by Crippen LogP contribution is 2.22. The number of hydrogen-bond donors (Lipinski definition) is 2. The number of imidazole rings is 1. The van der Waals surface area contributed by atoms with Crippen LogP contribution in [0.3, 0.4) is 0 Å². The van der Waals surface area contributed by atoms with Crippen molar-refractivity contribution in [2.45, 2.75) is 45.1 Å². The molecule has 2 aromatic rings. The first-order valence-corrected chi connectivity index (χ1v) is 9.15. The van der Waals surface area contributed by atoms with Gasteiger partial charge in [0, 0.05) is 31.8 Å². The van der Waals surface area contributed by atoms with Gasteiger partial charge in [-0.1, -0.05) is 36.4 Å². The van der Waals surface area contributed by atoms with E-state index in [0.717, 1.165) is 44.5 Å². The molecule has 1 aliphatic carbocycles. The van der Waals surface area contributed by atoms with E-state index >= 15 is 0 Å². The van der Waals surface area contributed by atoms with Crippen LogP contribution in [0.2, 0.25) is 0 Å². The van der Waals surface area contributed by atoms with Gasteiger partial charge in [0.15, 0.2) is 0 Å². The Morgan fingerprint density at radius 1 is 1.27 bits per heavy atom. The van der Waals surface area contributed by atoms with Crippen LogP contribution in [0, 0.1) is 0 Å². The lowest BCUT2D eigenvalue weighted by Crippen LogP contribution is -2.17. The molecular weight excluding hydrogens is 326 g/mol. The third-order valence-corrected chi connectivity index (χ3v) is 4.59. The van der Waals surface area contributed by atoms with Crippen LogP contribution in [-0.4, -0.2) is 20.7 Å². The molecule has 1 amide bonds. The lowest BCUT2D eigenvalue weighted by molar-refractivity contribution is -0.129. The fourth-order valence-electron chi connectivity index (χ4n) is 3.21. The highest BCUT2D eigenvalue weighted by molar-refractivity contribution is 5.75. The van der Waals surface area contributed by atoms with Crippen LogP contribution >= 0.6 is 0 Å². The van der Waals surface area contributed by atoms with Gasteiger partial charge in [0.25, 0.3) is 0 Å². The Morgan fingerprint density at radius 3 is 3.00 bits per heavy atom. The van der Waals surface area contributed by atoms with E-state index in [9.17, 15) is 4.79 Å². The fourth-order valence-corrected chi connectivity index (χ4v) is 3.21. The van der Waals surface area contributed by atoms with E-state index in [2.05, 4.69) is 52.0 Å². The number of aryl methyl sites for hydroxylation is 1. The number of hydrogen-bond acceptors (Lipinski definition) is 3. The second-order valence-corrected chi connectivity index (χ2v) is 6.55. The molecule has 26 heavy (non-hydrogen) atoms. The minimum Gasteiger partial charge on any atom is -0.331 e. The van der Waals surface area contributed by atoms with Crippen LogP contribution < -0.4 is 5.48 Å². The SMILES string of the molecule is O=C(CCCCc1nccn1Cc1cccc(C2=CCCC=C2)c1)NO. The fraction of sp³-hybridized carbons (Fsp3) is 0.333. The first-order chi connectivity index (χ1) is 12.8. The standard InChI is InChI=1S/C21H25N3O2/c25-21(23-26)12-5-4-11-20-22-13-14-24(20)16-17-7-6-10-19(15-17)18-8-2-1-3-9-18/h2,6-10,13-15,26H,1,3-5,11-12,16H2,(H,23,25). The number of amides is 1. The first kappa shape index (κ1) is 18.1. The van der Waals surface area contributed by atoms with Crippen molar-refractivity contribution in [2.24, 2.45) is 0 Å². The molecule has 1 aromatic heterocycles. The molecule has 0 saturated carbocycles. The normalized spacial score (nSPS) is 13.5. The van der Waals surface area contributed by atoms with Gasteiger partial charge in [-0.3, -0.25) is 10.0 Å². The zero-order valence-corrected chi connectivity index (χ0v) is 14.9. The number of carbonyl (C=O) groups excluding carboxylic acids is 1. The number of nitrogens with zero attached hydrogens (tertiary/aromatic N) is 2. The van der Waals surface area contributed by atoms with Crippen LogP contribution in [0.15, 0.2) is 54.9 Å². The molecule has 0 aliphatic heterocycles. The Kier molecular flexibility index (Phi) is 6.39. The molecule has 0 unspecified atom stereocenters. The molecule has 2 N–H and O–H groups in total. The van der Waals surface area contributed by atoms with E-state index in [1.807, 2.05) is 12.4 Å². The maximum Gasteiger partial charge on any atom is 0.243 e. The van der Waals surface area contributed by atoms with E-state index < -0.39 is 0 Å². The summed E-state index contributed by atoms with van der Waals surface area (Å²) in [5.41, 5.74) is 5.47. The summed E-state index contributed by atoms with van der Waals surface area (Å²) in [6.45, 7) is 0.789. The summed E-state index contributed by atoms with van der Waals surface area (Å²) in [6, 6.07) is 8.66. The first-order valence-electron chi connectivity index (χ1n) is 9.15. The molecule has 0 atom stereocenters. The highest BCUT2D eigenvalue weighted by Gasteiger charge is 2.07. The van der Waals surface area contributed by atoms with Gasteiger partial charge in [0.2, 0.25) is 5.91 Å². The Labute approximate surface area is 154 Å². The van der Waals surface area contributed by atoms with E-state index in [-0.39, 0.29) is 5.91 Å². The van der Waals surface area contributed by atoms with Crippen molar-refractivity contribution in [1.29, 1.82) is 0 Å². The quantitative estimate of drug-likeness (QED) is 0.431. The topological polar surface area (TPSA) is 67.2 Å². The molecule has 5 nitrogen and oxygen atoms in total. The van der Waals surface area contributed by atoms with Gasteiger partial charge < -0.3 is 4.57 Å². The molecule has 3 rings (SSSR count). The number of nitrogens with one attached hydrogen (secondary N) is 1. The Hall–Kier alpha value is -2.66. The van der Waals surface area contributed by atoms with E-state index in [4.69, 9.17) is 5.21 Å².